The number of piperidine rings is 1. The highest BCUT2D eigenvalue weighted by atomic mass is 32.2. The van der Waals surface area contributed by atoms with E-state index < -0.39 is 15.7 Å². The van der Waals surface area contributed by atoms with Crippen molar-refractivity contribution in [2.45, 2.75) is 55.8 Å². The number of rotatable bonds is 3. The molecule has 2 aliphatic heterocycles. The second kappa shape index (κ2) is 5.42. The Morgan fingerprint density at radius 3 is 2.45 bits per heavy atom. The number of sulfonamides is 1. The molecule has 1 unspecified atom stereocenters. The van der Waals surface area contributed by atoms with E-state index in [0.29, 0.717) is 58.2 Å². The summed E-state index contributed by atoms with van der Waals surface area (Å²) in [6, 6.07) is -0.123. The van der Waals surface area contributed by atoms with Crippen LogP contribution in [-0.4, -0.2) is 62.5 Å². The molecular weight excluding hydrogens is 311 g/mol. The van der Waals surface area contributed by atoms with Crippen LogP contribution in [0.3, 0.4) is 0 Å². The van der Waals surface area contributed by atoms with Crippen molar-refractivity contribution in [3.05, 3.63) is 0 Å². The first-order valence-electron chi connectivity index (χ1n) is 7.81. The summed E-state index contributed by atoms with van der Waals surface area (Å²) < 4.78 is 45.2. The maximum absolute atomic E-state index is 13.9. The molecule has 0 aromatic rings. The maximum Gasteiger partial charge on any atom is 0.260 e. The van der Waals surface area contributed by atoms with E-state index in [-0.39, 0.29) is 17.6 Å². The summed E-state index contributed by atoms with van der Waals surface area (Å²) >= 11 is 0. The van der Waals surface area contributed by atoms with Gasteiger partial charge in [-0.2, -0.15) is 0 Å². The van der Waals surface area contributed by atoms with Gasteiger partial charge in [-0.05, 0) is 38.5 Å². The van der Waals surface area contributed by atoms with Gasteiger partial charge < -0.3 is 9.64 Å². The predicted molar refractivity (Wildman–Crippen MR) is 78.6 cm³/mol. The Kier molecular flexibility index (Phi) is 3.98. The van der Waals surface area contributed by atoms with Crippen molar-refractivity contribution in [3.8, 4) is 0 Å². The van der Waals surface area contributed by atoms with Gasteiger partial charge in [0, 0.05) is 25.7 Å². The zero-order chi connectivity index (χ0) is 16.0. The van der Waals surface area contributed by atoms with Gasteiger partial charge in [-0.1, -0.05) is 0 Å². The van der Waals surface area contributed by atoms with Crippen LogP contribution in [0.2, 0.25) is 0 Å². The Balaban J connectivity index is 1.58. The molecule has 1 N–H and O–H groups in total. The van der Waals surface area contributed by atoms with Gasteiger partial charge in [0.1, 0.15) is 0 Å². The third-order valence-electron chi connectivity index (χ3n) is 4.91. The molecule has 1 spiro atoms. The van der Waals surface area contributed by atoms with Crippen LogP contribution in [-0.2, 0) is 19.6 Å². The van der Waals surface area contributed by atoms with Crippen molar-refractivity contribution in [2.24, 2.45) is 0 Å². The molecular formula is C14H23FN2O4S. The summed E-state index contributed by atoms with van der Waals surface area (Å²) in [6.45, 7) is 1.47. The molecule has 1 amide bonds. The average molecular weight is 334 g/mol. The number of halogens is 1. The molecule has 1 saturated carbocycles. The second-order valence-electron chi connectivity index (χ2n) is 6.87. The highest BCUT2D eigenvalue weighted by molar-refractivity contribution is 7.88. The van der Waals surface area contributed by atoms with Crippen molar-refractivity contribution < 1.29 is 22.3 Å². The van der Waals surface area contributed by atoms with Crippen LogP contribution >= 0.6 is 0 Å². The third-order valence-corrected chi connectivity index (χ3v) is 5.67. The van der Waals surface area contributed by atoms with Crippen molar-refractivity contribution >= 4 is 15.9 Å². The van der Waals surface area contributed by atoms with Crippen LogP contribution in [0, 0.1) is 0 Å². The van der Waals surface area contributed by atoms with Crippen LogP contribution in [0.4, 0.5) is 4.39 Å². The van der Waals surface area contributed by atoms with Crippen LogP contribution < -0.4 is 4.72 Å². The molecule has 126 valence electrons. The van der Waals surface area contributed by atoms with E-state index in [9.17, 15) is 17.6 Å². The number of amides is 1. The first kappa shape index (κ1) is 16.1. The number of likely N-dealkylation sites (tertiary alicyclic amines) is 1. The summed E-state index contributed by atoms with van der Waals surface area (Å²) in [6.07, 6.45) is 4.38. The highest BCUT2D eigenvalue weighted by Crippen LogP contribution is 2.43. The molecule has 0 aromatic carbocycles. The van der Waals surface area contributed by atoms with E-state index in [0.717, 1.165) is 6.26 Å². The van der Waals surface area contributed by atoms with Gasteiger partial charge in [-0.3, -0.25) is 4.79 Å². The lowest BCUT2D eigenvalue weighted by Crippen LogP contribution is -2.55. The Labute approximate surface area is 130 Å². The van der Waals surface area contributed by atoms with Crippen LogP contribution in [0.5, 0.6) is 0 Å². The van der Waals surface area contributed by atoms with Crippen LogP contribution in [0.1, 0.15) is 38.5 Å². The minimum atomic E-state index is -3.23. The molecule has 3 rings (SSSR count). The van der Waals surface area contributed by atoms with E-state index in [1.165, 1.54) is 0 Å². The normalized spacial score (nSPS) is 30.3. The zero-order valence-electron chi connectivity index (χ0n) is 12.8. The average Bonchev–Trinajstić information content (AvgIpc) is 3.16. The number of alkyl halides is 1. The summed E-state index contributed by atoms with van der Waals surface area (Å²) in [5.41, 5.74) is -2.00. The standard InChI is InChI=1S/C14H23FN2O4S/c1-22(19,20)16-11-2-9-21-13(10-11)5-7-17(8-6-13)12(18)14(15)3-4-14/h11,16H,2-10H2,1H3. The number of ether oxygens (including phenoxy) is 1. The number of carbonyl (C=O) groups is 1. The number of nitrogens with zero attached hydrogens (tertiary/aromatic N) is 1. The Morgan fingerprint density at radius 1 is 1.27 bits per heavy atom. The minimum Gasteiger partial charge on any atom is -0.375 e. The Hall–Kier alpha value is -0.730. The zero-order valence-corrected chi connectivity index (χ0v) is 13.6. The fourth-order valence-electron chi connectivity index (χ4n) is 3.50. The summed E-state index contributed by atoms with van der Waals surface area (Å²) in [5, 5.41) is 0. The molecule has 2 saturated heterocycles. The molecule has 0 radical (unpaired) electrons. The summed E-state index contributed by atoms with van der Waals surface area (Å²) in [4.78, 5) is 13.6. The van der Waals surface area contributed by atoms with Gasteiger partial charge in [0.05, 0.1) is 11.9 Å². The quantitative estimate of drug-likeness (QED) is 0.819. The SMILES string of the molecule is CS(=O)(=O)NC1CCOC2(CCN(C(=O)C3(F)CC3)CC2)C1. The van der Waals surface area contributed by atoms with Crippen molar-refractivity contribution in [2.75, 3.05) is 26.0 Å². The van der Waals surface area contributed by atoms with Crippen LogP contribution in [0.25, 0.3) is 0 Å². The van der Waals surface area contributed by atoms with E-state index >= 15 is 0 Å². The molecule has 0 aromatic heterocycles. The van der Waals surface area contributed by atoms with Crippen molar-refractivity contribution in [1.82, 2.24) is 9.62 Å². The lowest BCUT2D eigenvalue weighted by molar-refractivity contribution is -0.149. The number of carbonyl (C=O) groups excluding carboxylic acids is 1. The number of hydrogen-bond acceptors (Lipinski definition) is 4. The lowest BCUT2D eigenvalue weighted by Gasteiger charge is -2.46. The van der Waals surface area contributed by atoms with E-state index in [2.05, 4.69) is 4.72 Å². The molecule has 3 fully saturated rings. The van der Waals surface area contributed by atoms with Gasteiger partial charge in [-0.15, -0.1) is 0 Å². The smallest absolute Gasteiger partial charge is 0.260 e. The first-order chi connectivity index (χ1) is 10.2. The monoisotopic (exact) mass is 334 g/mol. The Morgan fingerprint density at radius 2 is 1.91 bits per heavy atom. The molecule has 8 heteroatoms. The van der Waals surface area contributed by atoms with Crippen molar-refractivity contribution in [3.63, 3.8) is 0 Å². The van der Waals surface area contributed by atoms with Gasteiger partial charge in [0.2, 0.25) is 10.0 Å². The topological polar surface area (TPSA) is 75.7 Å². The third kappa shape index (κ3) is 3.44. The second-order valence-corrected chi connectivity index (χ2v) is 8.65. The summed E-state index contributed by atoms with van der Waals surface area (Å²) in [7, 11) is -3.23. The van der Waals surface area contributed by atoms with E-state index in [4.69, 9.17) is 4.74 Å². The van der Waals surface area contributed by atoms with Crippen LogP contribution in [0.15, 0.2) is 0 Å². The lowest BCUT2D eigenvalue weighted by atomic mass is 9.82. The largest absolute Gasteiger partial charge is 0.375 e. The highest BCUT2D eigenvalue weighted by Gasteiger charge is 2.54. The maximum atomic E-state index is 13.9. The van der Waals surface area contributed by atoms with Crippen molar-refractivity contribution in [1.29, 1.82) is 0 Å². The number of hydrogen-bond donors (Lipinski definition) is 1. The molecule has 2 heterocycles. The van der Waals surface area contributed by atoms with Gasteiger partial charge in [0.25, 0.3) is 5.91 Å². The fourth-order valence-corrected chi connectivity index (χ4v) is 4.31. The molecule has 1 aliphatic carbocycles. The van der Waals surface area contributed by atoms with E-state index in [1.54, 1.807) is 4.90 Å². The predicted octanol–water partition coefficient (Wildman–Crippen LogP) is 0.578. The molecule has 22 heavy (non-hydrogen) atoms. The van der Waals surface area contributed by atoms with Gasteiger partial charge >= 0.3 is 0 Å². The molecule has 1 atom stereocenters. The minimum absolute atomic E-state index is 0.123. The summed E-state index contributed by atoms with van der Waals surface area (Å²) in [5.74, 6) is -0.385. The van der Waals surface area contributed by atoms with Gasteiger partial charge in [-0.25, -0.2) is 17.5 Å². The molecule has 6 nitrogen and oxygen atoms in total. The Bertz CT molecular complexity index is 553. The van der Waals surface area contributed by atoms with Gasteiger partial charge in [0.15, 0.2) is 5.67 Å². The number of nitrogens with one attached hydrogen (secondary N) is 1. The van der Waals surface area contributed by atoms with E-state index in [1.807, 2.05) is 0 Å². The fraction of sp³-hybridized carbons (Fsp3) is 0.929. The first-order valence-corrected chi connectivity index (χ1v) is 9.70. The molecule has 0 bridgehead atoms. The molecule has 3 aliphatic rings.